The van der Waals surface area contributed by atoms with Gasteiger partial charge in [-0.15, -0.1) is 0 Å². The van der Waals surface area contributed by atoms with Crippen LogP contribution in [0.4, 0.5) is 15.2 Å². The number of amides is 1. The van der Waals surface area contributed by atoms with Crippen LogP contribution in [0.1, 0.15) is 37.0 Å². The Balaban J connectivity index is 0.00000289. The van der Waals surface area contributed by atoms with E-state index in [-0.39, 0.29) is 19.2 Å². The van der Waals surface area contributed by atoms with E-state index in [0.717, 1.165) is 39.9 Å². The first-order chi connectivity index (χ1) is 16.4. The van der Waals surface area contributed by atoms with Gasteiger partial charge in [0.25, 0.3) is 5.91 Å². The normalized spacial score (nSPS) is 13.6. The van der Waals surface area contributed by atoms with Gasteiger partial charge in [-0.3, -0.25) is 4.79 Å². The highest BCUT2D eigenvalue weighted by Crippen LogP contribution is 2.34. The van der Waals surface area contributed by atoms with E-state index in [2.05, 4.69) is 15.6 Å². The summed E-state index contributed by atoms with van der Waals surface area (Å²) in [5.41, 5.74) is 3.94. The molecule has 0 bridgehead atoms. The zero-order valence-corrected chi connectivity index (χ0v) is 18.9. The molecule has 5 rings (SSSR count). The number of halogens is 1. The average Bonchev–Trinajstić information content (AvgIpc) is 3.56. The second-order valence-corrected chi connectivity index (χ2v) is 9.48. The second-order valence-electron chi connectivity index (χ2n) is 8.45. The maximum Gasteiger partial charge on any atom is 0.326 e. The van der Waals surface area contributed by atoms with Crippen LogP contribution >= 0.6 is 11.3 Å². The summed E-state index contributed by atoms with van der Waals surface area (Å²) < 4.78 is 14.2. The average molecular weight is 492 g/mol. The van der Waals surface area contributed by atoms with Gasteiger partial charge >= 0.3 is 5.97 Å². The summed E-state index contributed by atoms with van der Waals surface area (Å²) in [6, 6.07) is 18.5. The van der Waals surface area contributed by atoms with Crippen molar-refractivity contribution in [1.82, 2.24) is 10.3 Å². The molecule has 0 spiro atoms. The molecule has 0 saturated heterocycles. The number of benzene rings is 3. The van der Waals surface area contributed by atoms with E-state index in [9.17, 15) is 19.1 Å². The molecule has 3 N–H and O–H groups in total. The summed E-state index contributed by atoms with van der Waals surface area (Å²) in [5, 5.41) is 15.9. The lowest BCUT2D eigenvalue weighted by atomic mass is 10.0. The Morgan fingerprint density at radius 3 is 2.31 bits per heavy atom. The molecule has 1 aromatic heterocycles. The van der Waals surface area contributed by atoms with Crippen LogP contribution in [0.15, 0.2) is 66.7 Å². The third-order valence-corrected chi connectivity index (χ3v) is 6.77. The van der Waals surface area contributed by atoms with Crippen LogP contribution in [-0.2, 0) is 4.79 Å². The first-order valence-corrected chi connectivity index (χ1v) is 11.8. The molecular formula is C27H26FN3O3S. The standard InChI is InChI=1S/C26H22FN3O3S.CH4/c27-19-9-12-21-23(14-19)34-26(30-21)28-20-10-7-17(8-11-20)16-3-5-18(6-4-16)24(31)29-22(25(32)33)13-15-1-2-15;/h3-12,14-15,22H,1-2,13H2,(H,28,30)(H,29,31)(H,32,33);1H4/t22-;/m0./s1. The maximum atomic E-state index is 13.4. The van der Waals surface area contributed by atoms with Gasteiger partial charge in [0, 0.05) is 11.3 Å². The fourth-order valence-corrected chi connectivity index (χ4v) is 4.70. The number of carboxylic acids is 1. The molecule has 1 fully saturated rings. The van der Waals surface area contributed by atoms with Gasteiger partial charge in [-0.25, -0.2) is 14.2 Å². The molecular weight excluding hydrogens is 465 g/mol. The first-order valence-electron chi connectivity index (χ1n) is 11.0. The highest BCUT2D eigenvalue weighted by Gasteiger charge is 2.30. The van der Waals surface area contributed by atoms with E-state index in [1.807, 2.05) is 36.4 Å². The van der Waals surface area contributed by atoms with Crippen LogP contribution in [0.3, 0.4) is 0 Å². The van der Waals surface area contributed by atoms with Crippen LogP contribution in [0.5, 0.6) is 0 Å². The first kappa shape index (κ1) is 24.3. The molecule has 0 aliphatic heterocycles. The van der Waals surface area contributed by atoms with Crippen LogP contribution in [0, 0.1) is 11.7 Å². The van der Waals surface area contributed by atoms with Crippen LogP contribution in [0.2, 0.25) is 0 Å². The Bertz CT molecular complexity index is 1350. The monoisotopic (exact) mass is 491 g/mol. The molecule has 1 aliphatic rings. The summed E-state index contributed by atoms with van der Waals surface area (Å²) in [6.07, 6.45) is 2.54. The zero-order chi connectivity index (χ0) is 23.7. The summed E-state index contributed by atoms with van der Waals surface area (Å²) >= 11 is 1.39. The predicted octanol–water partition coefficient (Wildman–Crippen LogP) is 6.47. The number of nitrogens with one attached hydrogen (secondary N) is 2. The quantitative estimate of drug-likeness (QED) is 0.263. The number of hydrogen-bond donors (Lipinski definition) is 3. The molecule has 3 aromatic carbocycles. The molecule has 8 heteroatoms. The second kappa shape index (κ2) is 10.2. The van der Waals surface area contributed by atoms with Crippen LogP contribution < -0.4 is 10.6 Å². The lowest BCUT2D eigenvalue weighted by Crippen LogP contribution is -2.41. The van der Waals surface area contributed by atoms with E-state index in [1.165, 1.54) is 23.5 Å². The number of fused-ring (bicyclic) bond motifs is 1. The van der Waals surface area contributed by atoms with Gasteiger partial charge < -0.3 is 15.7 Å². The van der Waals surface area contributed by atoms with Gasteiger partial charge in [-0.05, 0) is 65.9 Å². The van der Waals surface area contributed by atoms with Crippen molar-refractivity contribution in [2.24, 2.45) is 5.92 Å². The molecule has 1 aliphatic carbocycles. The fraction of sp³-hybridized carbons (Fsp3) is 0.222. The van der Waals surface area contributed by atoms with Gasteiger partial charge in [-0.1, -0.05) is 55.9 Å². The number of aliphatic carboxylic acids is 1. The Morgan fingerprint density at radius 1 is 1.03 bits per heavy atom. The highest BCUT2D eigenvalue weighted by molar-refractivity contribution is 7.22. The molecule has 0 unspecified atom stereocenters. The van der Waals surface area contributed by atoms with E-state index in [0.29, 0.717) is 23.0 Å². The van der Waals surface area contributed by atoms with Crippen molar-refractivity contribution >= 4 is 44.2 Å². The Morgan fingerprint density at radius 2 is 1.69 bits per heavy atom. The van der Waals surface area contributed by atoms with Crippen molar-refractivity contribution in [3.05, 3.63) is 78.1 Å². The van der Waals surface area contributed by atoms with Crippen molar-refractivity contribution in [3.63, 3.8) is 0 Å². The highest BCUT2D eigenvalue weighted by atomic mass is 32.1. The number of carbonyl (C=O) groups is 2. The van der Waals surface area contributed by atoms with Crippen molar-refractivity contribution < 1.29 is 19.1 Å². The van der Waals surface area contributed by atoms with Gasteiger partial charge in [-0.2, -0.15) is 0 Å². The number of rotatable bonds is 8. The number of anilines is 2. The third kappa shape index (κ3) is 5.84. The molecule has 1 amide bonds. The fourth-order valence-electron chi connectivity index (χ4n) is 3.79. The predicted molar refractivity (Wildman–Crippen MR) is 138 cm³/mol. The summed E-state index contributed by atoms with van der Waals surface area (Å²) in [5.74, 6) is -1.26. The van der Waals surface area contributed by atoms with Gasteiger partial charge in [0.05, 0.1) is 10.2 Å². The lowest BCUT2D eigenvalue weighted by molar-refractivity contribution is -0.139. The van der Waals surface area contributed by atoms with E-state index in [4.69, 9.17) is 0 Å². The number of hydrogen-bond acceptors (Lipinski definition) is 5. The van der Waals surface area contributed by atoms with E-state index in [1.54, 1.807) is 18.2 Å². The number of thiazole rings is 1. The number of nitrogens with zero attached hydrogens (tertiary/aromatic N) is 1. The Hall–Kier alpha value is -3.78. The van der Waals surface area contributed by atoms with Crippen molar-refractivity contribution in [3.8, 4) is 11.1 Å². The SMILES string of the molecule is C.O=C(N[C@@H](CC1CC1)C(=O)O)c1ccc(-c2ccc(Nc3nc4ccc(F)cc4s3)cc2)cc1. The maximum absolute atomic E-state index is 13.4. The van der Waals surface area contributed by atoms with Gasteiger partial charge in [0.2, 0.25) is 0 Å². The van der Waals surface area contributed by atoms with E-state index >= 15 is 0 Å². The van der Waals surface area contributed by atoms with Crippen LogP contribution in [0.25, 0.3) is 21.3 Å². The Labute approximate surface area is 206 Å². The van der Waals surface area contributed by atoms with Crippen molar-refractivity contribution in [2.45, 2.75) is 32.7 Å². The molecule has 1 saturated carbocycles. The Kier molecular flexibility index (Phi) is 7.12. The smallest absolute Gasteiger partial charge is 0.326 e. The number of aromatic nitrogens is 1. The van der Waals surface area contributed by atoms with Gasteiger partial charge in [0.15, 0.2) is 5.13 Å². The topological polar surface area (TPSA) is 91.3 Å². The van der Waals surface area contributed by atoms with Gasteiger partial charge in [0.1, 0.15) is 11.9 Å². The van der Waals surface area contributed by atoms with Crippen molar-refractivity contribution in [2.75, 3.05) is 5.32 Å². The number of carbonyl (C=O) groups excluding carboxylic acids is 1. The third-order valence-electron chi connectivity index (χ3n) is 5.84. The molecule has 180 valence electrons. The molecule has 1 heterocycles. The minimum Gasteiger partial charge on any atom is -0.480 e. The molecule has 4 aromatic rings. The molecule has 6 nitrogen and oxygen atoms in total. The lowest BCUT2D eigenvalue weighted by Gasteiger charge is -2.14. The number of carboxylic acid groups (broad SMARTS) is 1. The molecule has 35 heavy (non-hydrogen) atoms. The summed E-state index contributed by atoms with van der Waals surface area (Å²) in [7, 11) is 0. The van der Waals surface area contributed by atoms with E-state index < -0.39 is 12.0 Å². The summed E-state index contributed by atoms with van der Waals surface area (Å²) in [6.45, 7) is 0. The minimum atomic E-state index is -0.997. The zero-order valence-electron chi connectivity index (χ0n) is 18.1. The minimum absolute atomic E-state index is 0. The molecule has 0 radical (unpaired) electrons. The molecule has 1 atom stereocenters. The summed E-state index contributed by atoms with van der Waals surface area (Å²) in [4.78, 5) is 28.4. The largest absolute Gasteiger partial charge is 0.480 e. The van der Waals surface area contributed by atoms with Crippen LogP contribution in [-0.4, -0.2) is 28.0 Å². The van der Waals surface area contributed by atoms with Crippen molar-refractivity contribution in [1.29, 1.82) is 0 Å².